The Labute approximate surface area is 96.0 Å². The molecule has 1 aromatic rings. The summed E-state index contributed by atoms with van der Waals surface area (Å²) in [5, 5.41) is 3.14. The van der Waals surface area contributed by atoms with Gasteiger partial charge < -0.3 is 10.1 Å². The highest BCUT2D eigenvalue weighted by atomic mass is 16.5. The maximum atomic E-state index is 11.6. The molecule has 1 rings (SSSR count). The van der Waals surface area contributed by atoms with E-state index in [0.29, 0.717) is 18.0 Å². The first-order valence-electron chi connectivity index (χ1n) is 5.65. The number of unbranched alkanes of at least 4 members (excludes halogenated alkanes) is 1. The Morgan fingerprint density at radius 2 is 2.31 bits per heavy atom. The number of hydrogen-bond acceptors (Lipinski definition) is 4. The number of esters is 1. The van der Waals surface area contributed by atoms with Gasteiger partial charge in [0, 0.05) is 12.7 Å². The highest BCUT2D eigenvalue weighted by Gasteiger charge is 2.12. The molecular weight excluding hydrogens is 204 g/mol. The molecule has 0 radical (unpaired) electrons. The molecule has 4 nitrogen and oxygen atoms in total. The molecule has 16 heavy (non-hydrogen) atoms. The van der Waals surface area contributed by atoms with Gasteiger partial charge in [0.25, 0.3) is 0 Å². The normalized spacial score (nSPS) is 9.88. The van der Waals surface area contributed by atoms with Gasteiger partial charge in [-0.3, -0.25) is 0 Å². The number of hydrogen-bond donors (Lipinski definition) is 1. The zero-order valence-electron chi connectivity index (χ0n) is 9.82. The number of aromatic nitrogens is 1. The fraction of sp³-hybridized carbons (Fsp3) is 0.500. The lowest BCUT2D eigenvalue weighted by Crippen LogP contribution is -2.11. The Hall–Kier alpha value is -1.58. The molecule has 0 aromatic carbocycles. The first-order valence-corrected chi connectivity index (χ1v) is 5.65. The highest BCUT2D eigenvalue weighted by molar-refractivity contribution is 5.94. The topological polar surface area (TPSA) is 51.2 Å². The van der Waals surface area contributed by atoms with Crippen molar-refractivity contribution in [1.29, 1.82) is 0 Å². The maximum Gasteiger partial charge on any atom is 0.341 e. The van der Waals surface area contributed by atoms with E-state index in [0.717, 1.165) is 19.4 Å². The minimum absolute atomic E-state index is 0.324. The molecule has 88 valence electrons. The van der Waals surface area contributed by atoms with Crippen molar-refractivity contribution in [3.63, 3.8) is 0 Å². The average molecular weight is 222 g/mol. The predicted octanol–water partition coefficient (Wildman–Crippen LogP) is 2.47. The third-order valence-corrected chi connectivity index (χ3v) is 2.13. The van der Waals surface area contributed by atoms with E-state index in [1.807, 2.05) is 0 Å². The van der Waals surface area contributed by atoms with Crippen LogP contribution in [0, 0.1) is 0 Å². The lowest BCUT2D eigenvalue weighted by molar-refractivity contribution is 0.0527. The number of pyridine rings is 1. The summed E-state index contributed by atoms with van der Waals surface area (Å²) in [5.41, 5.74) is 0.500. The third kappa shape index (κ3) is 3.53. The molecular formula is C12H18N2O2. The van der Waals surface area contributed by atoms with Crippen molar-refractivity contribution in [2.75, 3.05) is 18.5 Å². The molecule has 0 aliphatic carbocycles. The lowest BCUT2D eigenvalue weighted by Gasteiger charge is -2.09. The first-order chi connectivity index (χ1) is 7.79. The van der Waals surface area contributed by atoms with Crippen LogP contribution in [0.3, 0.4) is 0 Å². The quantitative estimate of drug-likeness (QED) is 0.593. The number of anilines is 1. The summed E-state index contributed by atoms with van der Waals surface area (Å²) in [6.07, 6.45) is 3.82. The van der Waals surface area contributed by atoms with Crippen molar-refractivity contribution in [2.24, 2.45) is 0 Å². The second-order valence-electron chi connectivity index (χ2n) is 3.40. The summed E-state index contributed by atoms with van der Waals surface area (Å²) in [6, 6.07) is 3.45. The first kappa shape index (κ1) is 12.5. The van der Waals surface area contributed by atoms with Gasteiger partial charge in [0.15, 0.2) is 0 Å². The number of rotatable bonds is 6. The molecule has 0 saturated carbocycles. The zero-order valence-corrected chi connectivity index (χ0v) is 9.82. The molecule has 0 bridgehead atoms. The molecule has 1 heterocycles. The van der Waals surface area contributed by atoms with E-state index in [-0.39, 0.29) is 5.97 Å². The van der Waals surface area contributed by atoms with Crippen molar-refractivity contribution < 1.29 is 9.53 Å². The van der Waals surface area contributed by atoms with Crippen LogP contribution in [0.25, 0.3) is 0 Å². The summed E-state index contributed by atoms with van der Waals surface area (Å²) in [5.74, 6) is 0.281. The summed E-state index contributed by atoms with van der Waals surface area (Å²) < 4.78 is 4.96. The number of nitrogens with one attached hydrogen (secondary N) is 1. The van der Waals surface area contributed by atoms with Crippen molar-refractivity contribution in [3.05, 3.63) is 23.9 Å². The number of carbonyl (C=O) groups is 1. The Kier molecular flexibility index (Phi) is 5.32. The summed E-state index contributed by atoms with van der Waals surface area (Å²) >= 11 is 0. The Morgan fingerprint density at radius 1 is 1.50 bits per heavy atom. The predicted molar refractivity (Wildman–Crippen MR) is 63.6 cm³/mol. The summed E-state index contributed by atoms with van der Waals surface area (Å²) in [4.78, 5) is 15.7. The Balaban J connectivity index is 2.71. The molecule has 1 N–H and O–H groups in total. The number of nitrogens with zero attached hydrogens (tertiary/aromatic N) is 1. The molecule has 0 saturated heterocycles. The van der Waals surface area contributed by atoms with Crippen LogP contribution in [0.1, 0.15) is 37.0 Å². The second-order valence-corrected chi connectivity index (χ2v) is 3.40. The molecule has 4 heteroatoms. The van der Waals surface area contributed by atoms with E-state index < -0.39 is 0 Å². The van der Waals surface area contributed by atoms with Crippen LogP contribution in [-0.2, 0) is 4.74 Å². The molecule has 0 aliphatic heterocycles. The van der Waals surface area contributed by atoms with Crippen LogP contribution in [0.15, 0.2) is 18.3 Å². The number of ether oxygens (including phenoxy) is 1. The van der Waals surface area contributed by atoms with Crippen molar-refractivity contribution in [2.45, 2.75) is 26.7 Å². The van der Waals surface area contributed by atoms with E-state index in [2.05, 4.69) is 17.2 Å². The van der Waals surface area contributed by atoms with Crippen LogP contribution in [0.4, 0.5) is 5.82 Å². The minimum Gasteiger partial charge on any atom is -0.462 e. The highest BCUT2D eigenvalue weighted by Crippen LogP contribution is 2.12. The fourth-order valence-electron chi connectivity index (χ4n) is 1.30. The van der Waals surface area contributed by atoms with Gasteiger partial charge in [-0.2, -0.15) is 0 Å². The van der Waals surface area contributed by atoms with Gasteiger partial charge in [0.2, 0.25) is 0 Å². The minimum atomic E-state index is -0.324. The van der Waals surface area contributed by atoms with Gasteiger partial charge in [0.05, 0.1) is 6.61 Å². The average Bonchev–Trinajstić information content (AvgIpc) is 2.30. The fourth-order valence-corrected chi connectivity index (χ4v) is 1.30. The standard InChI is InChI=1S/C12H18N2O2/c1-3-5-8-13-11-10(7-6-9-14-11)12(15)16-4-2/h6-7,9H,3-5,8H2,1-2H3,(H,13,14). The summed E-state index contributed by atoms with van der Waals surface area (Å²) in [6.45, 7) is 5.10. The van der Waals surface area contributed by atoms with Crippen LogP contribution >= 0.6 is 0 Å². The smallest absolute Gasteiger partial charge is 0.341 e. The van der Waals surface area contributed by atoms with Gasteiger partial charge in [-0.25, -0.2) is 9.78 Å². The van der Waals surface area contributed by atoms with Gasteiger partial charge in [0.1, 0.15) is 11.4 Å². The van der Waals surface area contributed by atoms with Crippen LogP contribution in [-0.4, -0.2) is 24.1 Å². The van der Waals surface area contributed by atoms with Crippen molar-refractivity contribution in [3.8, 4) is 0 Å². The third-order valence-electron chi connectivity index (χ3n) is 2.13. The van der Waals surface area contributed by atoms with Crippen LogP contribution in [0.5, 0.6) is 0 Å². The molecule has 0 atom stereocenters. The van der Waals surface area contributed by atoms with E-state index in [4.69, 9.17) is 4.74 Å². The van der Waals surface area contributed by atoms with E-state index >= 15 is 0 Å². The molecule has 0 unspecified atom stereocenters. The molecule has 0 spiro atoms. The van der Waals surface area contributed by atoms with Crippen LogP contribution < -0.4 is 5.32 Å². The van der Waals surface area contributed by atoms with Gasteiger partial charge in [-0.05, 0) is 25.5 Å². The van der Waals surface area contributed by atoms with Gasteiger partial charge in [-0.1, -0.05) is 13.3 Å². The Morgan fingerprint density at radius 3 is 3.00 bits per heavy atom. The Bertz CT molecular complexity index is 340. The molecule has 0 amide bonds. The van der Waals surface area contributed by atoms with E-state index in [1.165, 1.54) is 0 Å². The van der Waals surface area contributed by atoms with Gasteiger partial charge >= 0.3 is 5.97 Å². The lowest BCUT2D eigenvalue weighted by atomic mass is 10.2. The monoisotopic (exact) mass is 222 g/mol. The summed E-state index contributed by atoms with van der Waals surface area (Å²) in [7, 11) is 0. The van der Waals surface area contributed by atoms with Crippen LogP contribution in [0.2, 0.25) is 0 Å². The molecule has 0 fully saturated rings. The van der Waals surface area contributed by atoms with Crippen molar-refractivity contribution in [1.82, 2.24) is 4.98 Å². The second kappa shape index (κ2) is 6.82. The van der Waals surface area contributed by atoms with E-state index in [9.17, 15) is 4.79 Å². The van der Waals surface area contributed by atoms with E-state index in [1.54, 1.807) is 25.3 Å². The zero-order chi connectivity index (χ0) is 11.8. The van der Waals surface area contributed by atoms with Gasteiger partial charge in [-0.15, -0.1) is 0 Å². The number of carbonyl (C=O) groups excluding carboxylic acids is 1. The molecule has 0 aliphatic rings. The maximum absolute atomic E-state index is 11.6. The molecule has 1 aromatic heterocycles. The SMILES string of the molecule is CCCCNc1ncccc1C(=O)OCC. The largest absolute Gasteiger partial charge is 0.462 e. The van der Waals surface area contributed by atoms with Crippen molar-refractivity contribution >= 4 is 11.8 Å².